The van der Waals surface area contributed by atoms with E-state index in [2.05, 4.69) is 40.9 Å². The smallest absolute Gasteiger partial charge is 0.118 e. The normalized spacial score (nSPS) is 12.4. The van der Waals surface area contributed by atoms with Gasteiger partial charge >= 0.3 is 0 Å². The van der Waals surface area contributed by atoms with E-state index in [1.165, 1.54) is 22.0 Å². The number of aromatic nitrogens is 2. The Bertz CT molecular complexity index is 510. The minimum absolute atomic E-state index is 0.158. The molecule has 1 aromatic carbocycles. The Morgan fingerprint density at radius 1 is 1.26 bits per heavy atom. The van der Waals surface area contributed by atoms with Gasteiger partial charge in [-0.25, -0.2) is 0 Å². The van der Waals surface area contributed by atoms with E-state index in [1.54, 1.807) is 7.11 Å². The van der Waals surface area contributed by atoms with Gasteiger partial charge in [0.05, 0.1) is 23.7 Å². The fourth-order valence-corrected chi connectivity index (χ4v) is 2.89. The van der Waals surface area contributed by atoms with E-state index >= 15 is 0 Å². The lowest BCUT2D eigenvalue weighted by atomic mass is 10.0. The van der Waals surface area contributed by atoms with Crippen molar-refractivity contribution in [1.82, 2.24) is 14.9 Å². The van der Waals surface area contributed by atoms with Gasteiger partial charge in [-0.1, -0.05) is 30.5 Å². The molecule has 0 amide bonds. The number of nitrogens with zero attached hydrogens (tertiary/aromatic N) is 2. The summed E-state index contributed by atoms with van der Waals surface area (Å²) in [6.07, 6.45) is 0.907. The molecule has 0 radical (unpaired) electrons. The number of hydrogen-bond acceptors (Lipinski definition) is 5. The fourth-order valence-electron chi connectivity index (χ4n) is 2.04. The first-order valence-electron chi connectivity index (χ1n) is 6.48. The fraction of sp³-hybridized carbons (Fsp3) is 0.429. The van der Waals surface area contributed by atoms with E-state index in [0.717, 1.165) is 24.4 Å². The molecule has 0 aliphatic heterocycles. The van der Waals surface area contributed by atoms with Crippen molar-refractivity contribution in [2.45, 2.75) is 26.3 Å². The molecule has 2 rings (SSSR count). The van der Waals surface area contributed by atoms with Crippen LogP contribution in [-0.2, 0) is 6.42 Å². The van der Waals surface area contributed by atoms with Gasteiger partial charge in [-0.05, 0) is 42.2 Å². The van der Waals surface area contributed by atoms with Crippen molar-refractivity contribution in [3.05, 3.63) is 40.4 Å². The lowest BCUT2D eigenvalue weighted by Gasteiger charge is -2.17. The average Bonchev–Trinajstić information content (AvgIpc) is 2.93. The van der Waals surface area contributed by atoms with E-state index in [-0.39, 0.29) is 6.04 Å². The summed E-state index contributed by atoms with van der Waals surface area (Å²) in [4.78, 5) is 1.20. The van der Waals surface area contributed by atoms with E-state index in [9.17, 15) is 0 Å². The third kappa shape index (κ3) is 3.11. The molecule has 4 nitrogen and oxygen atoms in total. The highest BCUT2D eigenvalue weighted by Gasteiger charge is 2.19. The number of rotatable bonds is 6. The Balaban J connectivity index is 2.33. The molecule has 1 unspecified atom stereocenters. The van der Waals surface area contributed by atoms with Crippen molar-refractivity contribution in [3.63, 3.8) is 0 Å². The second kappa shape index (κ2) is 6.63. The van der Waals surface area contributed by atoms with Crippen LogP contribution in [0.2, 0.25) is 0 Å². The summed E-state index contributed by atoms with van der Waals surface area (Å²) < 4.78 is 9.28. The summed E-state index contributed by atoms with van der Waals surface area (Å²) in [5, 5.41) is 7.70. The van der Waals surface area contributed by atoms with Crippen LogP contribution in [0.3, 0.4) is 0 Å². The van der Waals surface area contributed by atoms with Crippen LogP contribution in [0.5, 0.6) is 5.75 Å². The molecule has 0 spiro atoms. The molecule has 1 atom stereocenters. The number of ether oxygens (including phenoxy) is 1. The lowest BCUT2D eigenvalue weighted by molar-refractivity contribution is 0.414. The van der Waals surface area contributed by atoms with Gasteiger partial charge in [0.25, 0.3) is 0 Å². The molecule has 0 aliphatic carbocycles. The third-order valence-corrected chi connectivity index (χ3v) is 3.87. The van der Waals surface area contributed by atoms with E-state index in [4.69, 9.17) is 4.74 Å². The molecule has 0 saturated heterocycles. The summed E-state index contributed by atoms with van der Waals surface area (Å²) in [6.45, 7) is 5.12. The molecule has 102 valence electrons. The highest BCUT2D eigenvalue weighted by Crippen LogP contribution is 2.28. The third-order valence-electron chi connectivity index (χ3n) is 3.04. The highest BCUT2D eigenvalue weighted by atomic mass is 32.1. The predicted molar refractivity (Wildman–Crippen MR) is 77.8 cm³/mol. The van der Waals surface area contributed by atoms with Crippen LogP contribution in [0, 0.1) is 0 Å². The Kier molecular flexibility index (Phi) is 4.87. The van der Waals surface area contributed by atoms with E-state index in [1.807, 2.05) is 12.1 Å². The molecule has 1 heterocycles. The Morgan fingerprint density at radius 2 is 2.00 bits per heavy atom. The van der Waals surface area contributed by atoms with Crippen LogP contribution >= 0.6 is 11.5 Å². The molecule has 19 heavy (non-hydrogen) atoms. The van der Waals surface area contributed by atoms with Crippen LogP contribution in [0.4, 0.5) is 0 Å². The van der Waals surface area contributed by atoms with Crippen LogP contribution in [-0.4, -0.2) is 23.2 Å². The van der Waals surface area contributed by atoms with E-state index < -0.39 is 0 Å². The summed E-state index contributed by atoms with van der Waals surface area (Å²) in [5.41, 5.74) is 2.29. The maximum Gasteiger partial charge on any atom is 0.118 e. The Morgan fingerprint density at radius 3 is 2.58 bits per heavy atom. The zero-order chi connectivity index (χ0) is 13.7. The van der Waals surface area contributed by atoms with Gasteiger partial charge in [-0.2, -0.15) is 0 Å². The Labute approximate surface area is 118 Å². The molecule has 0 bridgehead atoms. The predicted octanol–water partition coefficient (Wildman–Crippen LogP) is 2.81. The molecule has 5 heteroatoms. The van der Waals surface area contributed by atoms with E-state index in [0.29, 0.717) is 0 Å². The zero-order valence-corrected chi connectivity index (χ0v) is 12.3. The molecule has 0 aliphatic rings. The largest absolute Gasteiger partial charge is 0.497 e. The first-order chi connectivity index (χ1) is 9.30. The minimum Gasteiger partial charge on any atom is -0.497 e. The summed E-state index contributed by atoms with van der Waals surface area (Å²) in [6, 6.07) is 8.31. The quantitative estimate of drug-likeness (QED) is 0.882. The van der Waals surface area contributed by atoms with Gasteiger partial charge < -0.3 is 10.1 Å². The van der Waals surface area contributed by atoms with Crippen LogP contribution in [0.25, 0.3) is 0 Å². The Hall–Kier alpha value is -1.46. The van der Waals surface area contributed by atoms with Gasteiger partial charge in [0.2, 0.25) is 0 Å². The van der Waals surface area contributed by atoms with Crippen molar-refractivity contribution >= 4 is 11.5 Å². The number of hydrogen-bond donors (Lipinski definition) is 1. The molecule has 0 fully saturated rings. The molecule has 2 aromatic rings. The number of aryl methyl sites for hydroxylation is 1. The zero-order valence-electron chi connectivity index (χ0n) is 11.5. The van der Waals surface area contributed by atoms with Gasteiger partial charge in [-0.3, -0.25) is 0 Å². The summed E-state index contributed by atoms with van der Waals surface area (Å²) >= 11 is 1.47. The standard InChI is InChI=1S/C14H19N3OS/c1-4-12-14(19-17-16-12)13(15-5-2)10-6-8-11(18-3)9-7-10/h6-9,13,15H,4-5H2,1-3H3. The van der Waals surface area contributed by atoms with Gasteiger partial charge in [0.15, 0.2) is 0 Å². The van der Waals surface area contributed by atoms with Crippen molar-refractivity contribution in [2.24, 2.45) is 0 Å². The highest BCUT2D eigenvalue weighted by molar-refractivity contribution is 7.05. The lowest BCUT2D eigenvalue weighted by Crippen LogP contribution is -2.22. The van der Waals surface area contributed by atoms with Gasteiger partial charge in [0.1, 0.15) is 5.75 Å². The van der Waals surface area contributed by atoms with Crippen LogP contribution < -0.4 is 10.1 Å². The average molecular weight is 277 g/mol. The molecule has 1 aromatic heterocycles. The van der Waals surface area contributed by atoms with Crippen molar-refractivity contribution in [2.75, 3.05) is 13.7 Å². The SMILES string of the molecule is CCNC(c1ccc(OC)cc1)c1snnc1CC. The minimum atomic E-state index is 0.158. The first kappa shape index (κ1) is 14.0. The molecule has 1 N–H and O–H groups in total. The number of methoxy groups -OCH3 is 1. The van der Waals surface area contributed by atoms with Gasteiger partial charge in [-0.15, -0.1) is 5.10 Å². The van der Waals surface area contributed by atoms with Crippen LogP contribution in [0.15, 0.2) is 24.3 Å². The molecular weight excluding hydrogens is 258 g/mol. The molecular formula is C14H19N3OS. The first-order valence-corrected chi connectivity index (χ1v) is 7.25. The van der Waals surface area contributed by atoms with Crippen molar-refractivity contribution in [3.8, 4) is 5.75 Å². The van der Waals surface area contributed by atoms with Crippen molar-refractivity contribution in [1.29, 1.82) is 0 Å². The number of benzene rings is 1. The topological polar surface area (TPSA) is 47.0 Å². The summed E-state index contributed by atoms with van der Waals surface area (Å²) in [5.74, 6) is 0.872. The maximum absolute atomic E-state index is 5.20. The number of nitrogens with one attached hydrogen (secondary N) is 1. The maximum atomic E-state index is 5.20. The van der Waals surface area contributed by atoms with Crippen molar-refractivity contribution < 1.29 is 4.74 Å². The summed E-state index contributed by atoms with van der Waals surface area (Å²) in [7, 11) is 1.68. The monoisotopic (exact) mass is 277 g/mol. The second-order valence-corrected chi connectivity index (χ2v) is 4.99. The van der Waals surface area contributed by atoms with Gasteiger partial charge in [0, 0.05) is 0 Å². The second-order valence-electron chi connectivity index (χ2n) is 4.20. The van der Waals surface area contributed by atoms with Crippen LogP contribution in [0.1, 0.15) is 36.0 Å². The molecule has 0 saturated carbocycles.